The highest BCUT2D eigenvalue weighted by Crippen LogP contribution is 2.33. The monoisotopic (exact) mass is 361 g/mol. The molecule has 0 bridgehead atoms. The highest BCUT2D eigenvalue weighted by atomic mass is 32.1. The van der Waals surface area contributed by atoms with E-state index < -0.39 is 5.91 Å². The van der Waals surface area contributed by atoms with E-state index in [2.05, 4.69) is 17.1 Å². The van der Waals surface area contributed by atoms with Crippen molar-refractivity contribution in [1.29, 1.82) is 10.5 Å². The normalized spacial score (nSPS) is 10.3. The van der Waals surface area contributed by atoms with Crippen molar-refractivity contribution in [2.45, 2.75) is 20.4 Å². The number of hydrogen-bond donors (Lipinski definition) is 1. The van der Waals surface area contributed by atoms with Gasteiger partial charge in [0.25, 0.3) is 5.91 Å². The van der Waals surface area contributed by atoms with Crippen LogP contribution >= 0.6 is 11.3 Å². The number of carbonyl (C=O) groups is 1. The Morgan fingerprint density at radius 3 is 2.42 bits per heavy atom. The van der Waals surface area contributed by atoms with Gasteiger partial charge in [0.2, 0.25) is 0 Å². The van der Waals surface area contributed by atoms with Gasteiger partial charge in [-0.05, 0) is 31.5 Å². The van der Waals surface area contributed by atoms with Gasteiger partial charge in [0.05, 0.1) is 29.9 Å². The highest BCUT2D eigenvalue weighted by Gasteiger charge is 2.20. The zero-order valence-corrected chi connectivity index (χ0v) is 15.1. The second kappa shape index (κ2) is 6.83. The summed E-state index contributed by atoms with van der Waals surface area (Å²) in [5.41, 5.74) is 9.95. The first-order valence-electron chi connectivity index (χ1n) is 7.81. The second-order valence-electron chi connectivity index (χ2n) is 5.79. The molecule has 26 heavy (non-hydrogen) atoms. The number of rotatable bonds is 4. The molecule has 0 aliphatic carbocycles. The van der Waals surface area contributed by atoms with Crippen LogP contribution in [0.2, 0.25) is 0 Å². The van der Waals surface area contributed by atoms with Gasteiger partial charge in [-0.15, -0.1) is 11.3 Å². The van der Waals surface area contributed by atoms with Gasteiger partial charge >= 0.3 is 0 Å². The van der Waals surface area contributed by atoms with Crippen molar-refractivity contribution >= 4 is 17.2 Å². The third-order valence-corrected chi connectivity index (χ3v) is 5.28. The molecule has 7 heteroatoms. The van der Waals surface area contributed by atoms with Crippen LogP contribution in [0.3, 0.4) is 0 Å². The first-order valence-corrected chi connectivity index (χ1v) is 8.62. The van der Waals surface area contributed by atoms with E-state index in [1.165, 1.54) is 17.5 Å². The zero-order valence-electron chi connectivity index (χ0n) is 14.3. The van der Waals surface area contributed by atoms with Crippen LogP contribution in [0.1, 0.15) is 37.2 Å². The van der Waals surface area contributed by atoms with Crippen molar-refractivity contribution in [1.82, 2.24) is 9.55 Å². The molecule has 2 heterocycles. The van der Waals surface area contributed by atoms with E-state index in [4.69, 9.17) is 11.0 Å². The average Bonchev–Trinajstić information content (AvgIpc) is 3.20. The third-order valence-electron chi connectivity index (χ3n) is 4.29. The lowest BCUT2D eigenvalue weighted by molar-refractivity contribution is 0.100. The first-order chi connectivity index (χ1) is 12.5. The van der Waals surface area contributed by atoms with Gasteiger partial charge in [-0.2, -0.15) is 10.5 Å². The smallest absolute Gasteiger partial charge is 0.260 e. The standard InChI is InChI=1S/C19H15N5OS/c1-11-15(8-21)18(14-5-3-13(7-20)4-6-14)12(2)24(11)10-17-23-9-16(26-17)19(22)25/h3-6,9H,10H2,1-2H3,(H2,22,25). The summed E-state index contributed by atoms with van der Waals surface area (Å²) in [5.74, 6) is -0.495. The average molecular weight is 361 g/mol. The van der Waals surface area contributed by atoms with Crippen molar-refractivity contribution in [3.63, 3.8) is 0 Å². The molecule has 1 aromatic carbocycles. The van der Waals surface area contributed by atoms with Gasteiger partial charge in [0.15, 0.2) is 0 Å². The Hall–Kier alpha value is -3.42. The Morgan fingerprint density at radius 2 is 1.88 bits per heavy atom. The summed E-state index contributed by atoms with van der Waals surface area (Å²) >= 11 is 1.25. The molecule has 0 aliphatic rings. The lowest BCUT2D eigenvalue weighted by atomic mass is 10.0. The van der Waals surface area contributed by atoms with E-state index in [0.717, 1.165) is 27.5 Å². The number of nitriles is 2. The Kier molecular flexibility index (Phi) is 4.57. The van der Waals surface area contributed by atoms with Crippen molar-refractivity contribution in [2.75, 3.05) is 0 Å². The molecule has 0 fully saturated rings. The predicted molar refractivity (Wildman–Crippen MR) is 98.5 cm³/mol. The zero-order chi connectivity index (χ0) is 18.8. The number of carbonyl (C=O) groups excluding carboxylic acids is 1. The lowest BCUT2D eigenvalue weighted by Gasteiger charge is -2.07. The van der Waals surface area contributed by atoms with E-state index in [9.17, 15) is 10.1 Å². The summed E-state index contributed by atoms with van der Waals surface area (Å²) < 4.78 is 2.01. The van der Waals surface area contributed by atoms with Crippen LogP contribution in [0.15, 0.2) is 30.5 Å². The summed E-state index contributed by atoms with van der Waals surface area (Å²) in [6.07, 6.45) is 1.48. The van der Waals surface area contributed by atoms with Gasteiger partial charge in [0, 0.05) is 17.0 Å². The van der Waals surface area contributed by atoms with Gasteiger partial charge in [0.1, 0.15) is 16.0 Å². The number of benzene rings is 1. The number of thiazole rings is 1. The molecule has 0 spiro atoms. The molecule has 3 rings (SSSR count). The van der Waals surface area contributed by atoms with Crippen molar-refractivity contribution in [2.24, 2.45) is 5.73 Å². The fourth-order valence-electron chi connectivity index (χ4n) is 2.95. The van der Waals surface area contributed by atoms with E-state index in [0.29, 0.717) is 22.5 Å². The van der Waals surface area contributed by atoms with E-state index in [-0.39, 0.29) is 0 Å². The summed E-state index contributed by atoms with van der Waals surface area (Å²) in [6.45, 7) is 4.30. The molecule has 6 nitrogen and oxygen atoms in total. The number of nitrogens with zero attached hydrogens (tertiary/aromatic N) is 4. The molecule has 0 unspecified atom stereocenters. The summed E-state index contributed by atoms with van der Waals surface area (Å²) in [6, 6.07) is 11.6. The van der Waals surface area contributed by atoms with E-state index >= 15 is 0 Å². The van der Waals surface area contributed by atoms with Crippen molar-refractivity contribution in [3.05, 3.63) is 62.9 Å². The quantitative estimate of drug-likeness (QED) is 0.770. The molecule has 0 atom stereocenters. The Balaban J connectivity index is 2.07. The molecule has 2 aromatic heterocycles. The molecular weight excluding hydrogens is 346 g/mol. The van der Waals surface area contributed by atoms with Crippen LogP contribution in [-0.4, -0.2) is 15.5 Å². The molecule has 128 valence electrons. The van der Waals surface area contributed by atoms with Crippen LogP contribution in [-0.2, 0) is 6.54 Å². The highest BCUT2D eigenvalue weighted by molar-refractivity contribution is 7.13. The van der Waals surface area contributed by atoms with Gasteiger partial charge in [-0.3, -0.25) is 4.79 Å². The van der Waals surface area contributed by atoms with Gasteiger partial charge in [-0.25, -0.2) is 4.98 Å². The predicted octanol–water partition coefficient (Wildman–Crippen LogP) is 3.12. The maximum absolute atomic E-state index is 11.3. The molecule has 0 saturated heterocycles. The maximum atomic E-state index is 11.3. The fraction of sp³-hybridized carbons (Fsp3) is 0.158. The summed E-state index contributed by atoms with van der Waals surface area (Å²) in [4.78, 5) is 15.9. The maximum Gasteiger partial charge on any atom is 0.260 e. The second-order valence-corrected chi connectivity index (χ2v) is 6.91. The van der Waals surface area contributed by atoms with Gasteiger partial charge in [-0.1, -0.05) is 12.1 Å². The minimum atomic E-state index is -0.495. The Labute approximate surface area is 154 Å². The number of hydrogen-bond acceptors (Lipinski definition) is 5. The molecule has 2 N–H and O–H groups in total. The summed E-state index contributed by atoms with van der Waals surface area (Å²) in [7, 11) is 0. The van der Waals surface area contributed by atoms with Crippen LogP contribution in [0, 0.1) is 36.5 Å². The largest absolute Gasteiger partial charge is 0.365 e. The van der Waals surface area contributed by atoms with Crippen LogP contribution in [0.25, 0.3) is 11.1 Å². The van der Waals surface area contributed by atoms with Crippen LogP contribution < -0.4 is 5.73 Å². The molecule has 0 radical (unpaired) electrons. The first kappa shape index (κ1) is 17.4. The summed E-state index contributed by atoms with van der Waals surface area (Å²) in [5, 5.41) is 19.4. The molecular formula is C19H15N5OS. The van der Waals surface area contributed by atoms with Crippen molar-refractivity contribution < 1.29 is 4.79 Å². The number of aromatic nitrogens is 2. The molecule has 0 saturated carbocycles. The topological polar surface area (TPSA) is 108 Å². The fourth-order valence-corrected chi connectivity index (χ4v) is 3.71. The van der Waals surface area contributed by atoms with Crippen LogP contribution in [0.5, 0.6) is 0 Å². The Bertz CT molecular complexity index is 1080. The minimum absolute atomic E-state index is 0.412. The van der Waals surface area contributed by atoms with E-state index in [1.54, 1.807) is 12.1 Å². The number of primary amides is 1. The molecule has 3 aromatic rings. The Morgan fingerprint density at radius 1 is 1.19 bits per heavy atom. The van der Waals surface area contributed by atoms with Gasteiger partial charge < -0.3 is 10.3 Å². The van der Waals surface area contributed by atoms with E-state index in [1.807, 2.05) is 30.5 Å². The SMILES string of the molecule is Cc1c(C#N)c(-c2ccc(C#N)cc2)c(C)n1Cc1ncc(C(N)=O)s1. The molecule has 0 aliphatic heterocycles. The van der Waals surface area contributed by atoms with Crippen molar-refractivity contribution in [3.8, 4) is 23.3 Å². The minimum Gasteiger partial charge on any atom is -0.365 e. The molecule has 1 amide bonds. The lowest BCUT2D eigenvalue weighted by Crippen LogP contribution is -2.08. The number of nitrogens with two attached hydrogens (primary N) is 1. The van der Waals surface area contributed by atoms with Crippen LogP contribution in [0.4, 0.5) is 0 Å². The third kappa shape index (κ3) is 2.97. The number of amides is 1.